The molecule has 2 aromatic carbocycles. The number of aromatic nitrogens is 3. The van der Waals surface area contributed by atoms with Crippen LogP contribution in [-0.4, -0.2) is 47.9 Å². The van der Waals surface area contributed by atoms with E-state index in [0.717, 1.165) is 32.0 Å². The monoisotopic (exact) mass is 378 g/mol. The van der Waals surface area contributed by atoms with Crippen LogP contribution >= 0.6 is 0 Å². The second-order valence-electron chi connectivity index (χ2n) is 6.72. The summed E-state index contributed by atoms with van der Waals surface area (Å²) in [5, 5.41) is 11.3. The largest absolute Gasteiger partial charge is 0.368 e. The van der Waals surface area contributed by atoms with Crippen molar-refractivity contribution in [3.8, 4) is 0 Å². The third-order valence-corrected chi connectivity index (χ3v) is 4.91. The highest BCUT2D eigenvalue weighted by Gasteiger charge is 2.19. The average Bonchev–Trinajstić information content (AvgIpc) is 2.76. The van der Waals surface area contributed by atoms with Crippen molar-refractivity contribution in [2.24, 2.45) is 0 Å². The number of rotatable bonds is 6. The fraction of sp³-hybridized carbons (Fsp3) is 0.286. The van der Waals surface area contributed by atoms with Gasteiger partial charge in [0, 0.05) is 38.4 Å². The number of para-hydroxylation sites is 1. The highest BCUT2D eigenvalue weighted by atomic mass is 19.1. The van der Waals surface area contributed by atoms with E-state index in [4.69, 9.17) is 0 Å². The summed E-state index contributed by atoms with van der Waals surface area (Å²) in [6.45, 7) is 4.17. The summed E-state index contributed by atoms with van der Waals surface area (Å²) >= 11 is 0. The summed E-state index contributed by atoms with van der Waals surface area (Å²) in [6.07, 6.45) is 2.26. The zero-order valence-electron chi connectivity index (χ0n) is 15.6. The Bertz CT molecular complexity index is 896. The predicted molar refractivity (Wildman–Crippen MR) is 109 cm³/mol. The molecule has 0 unspecified atom stereocenters. The zero-order chi connectivity index (χ0) is 19.2. The molecule has 144 valence electrons. The van der Waals surface area contributed by atoms with Crippen LogP contribution in [0.3, 0.4) is 0 Å². The molecule has 0 atom stereocenters. The summed E-state index contributed by atoms with van der Waals surface area (Å²) < 4.78 is 13.7. The number of halogens is 1. The SMILES string of the molecule is Fc1ccccc1CCNc1nncc(N2CCN(c3ccccc3)CC2)n1. The topological polar surface area (TPSA) is 57.2 Å². The third-order valence-electron chi connectivity index (χ3n) is 4.91. The highest BCUT2D eigenvalue weighted by molar-refractivity contribution is 5.49. The van der Waals surface area contributed by atoms with Crippen molar-refractivity contribution in [3.63, 3.8) is 0 Å². The molecule has 1 N–H and O–H groups in total. The Morgan fingerprint density at radius 2 is 1.61 bits per heavy atom. The number of piperazine rings is 1. The normalized spacial score (nSPS) is 14.2. The lowest BCUT2D eigenvalue weighted by molar-refractivity contribution is 0.610. The molecule has 4 rings (SSSR count). The number of nitrogens with zero attached hydrogens (tertiary/aromatic N) is 5. The molecule has 28 heavy (non-hydrogen) atoms. The maximum atomic E-state index is 13.7. The van der Waals surface area contributed by atoms with Crippen molar-refractivity contribution in [2.75, 3.05) is 47.8 Å². The van der Waals surface area contributed by atoms with E-state index in [1.807, 2.05) is 12.1 Å². The average molecular weight is 378 g/mol. The first-order valence-electron chi connectivity index (χ1n) is 9.51. The highest BCUT2D eigenvalue weighted by Crippen LogP contribution is 2.19. The zero-order valence-corrected chi connectivity index (χ0v) is 15.6. The molecule has 2 heterocycles. The first-order chi connectivity index (χ1) is 13.8. The van der Waals surface area contributed by atoms with Gasteiger partial charge in [-0.1, -0.05) is 36.4 Å². The fourth-order valence-corrected chi connectivity index (χ4v) is 3.36. The number of benzene rings is 2. The Morgan fingerprint density at radius 3 is 2.39 bits per heavy atom. The van der Waals surface area contributed by atoms with Crippen LogP contribution in [0.1, 0.15) is 5.56 Å². The lowest BCUT2D eigenvalue weighted by Crippen LogP contribution is -2.46. The molecule has 0 spiro atoms. The molecule has 0 saturated carbocycles. The van der Waals surface area contributed by atoms with E-state index in [9.17, 15) is 4.39 Å². The number of hydrogen-bond donors (Lipinski definition) is 1. The van der Waals surface area contributed by atoms with Crippen molar-refractivity contribution < 1.29 is 4.39 Å². The minimum absolute atomic E-state index is 0.187. The molecule has 1 aromatic heterocycles. The molecule has 6 nitrogen and oxygen atoms in total. The van der Waals surface area contributed by atoms with Gasteiger partial charge >= 0.3 is 0 Å². The van der Waals surface area contributed by atoms with E-state index < -0.39 is 0 Å². The van der Waals surface area contributed by atoms with Gasteiger partial charge in [0.1, 0.15) is 5.82 Å². The van der Waals surface area contributed by atoms with Gasteiger partial charge in [0.15, 0.2) is 5.82 Å². The van der Waals surface area contributed by atoms with Crippen LogP contribution in [0.15, 0.2) is 60.8 Å². The van der Waals surface area contributed by atoms with E-state index in [0.29, 0.717) is 24.5 Å². The fourth-order valence-electron chi connectivity index (χ4n) is 3.36. The molecule has 1 aliphatic rings. The number of nitrogens with one attached hydrogen (secondary N) is 1. The molecule has 3 aromatic rings. The van der Waals surface area contributed by atoms with Gasteiger partial charge in [0.2, 0.25) is 5.95 Å². The summed E-state index contributed by atoms with van der Waals surface area (Å²) in [5.74, 6) is 1.10. The standard InChI is InChI=1S/C21H23FN6/c22-19-9-5-4-6-17(19)10-11-23-21-25-20(16-24-26-21)28-14-12-27(13-15-28)18-7-2-1-3-8-18/h1-9,16H,10-15H2,(H,23,25,26). The van der Waals surface area contributed by atoms with Crippen molar-refractivity contribution in [1.82, 2.24) is 15.2 Å². The first-order valence-corrected chi connectivity index (χ1v) is 9.51. The molecule has 1 saturated heterocycles. The van der Waals surface area contributed by atoms with Gasteiger partial charge in [-0.3, -0.25) is 0 Å². The van der Waals surface area contributed by atoms with Crippen molar-refractivity contribution in [2.45, 2.75) is 6.42 Å². The van der Waals surface area contributed by atoms with Crippen LogP contribution in [0, 0.1) is 5.82 Å². The summed E-state index contributed by atoms with van der Waals surface area (Å²) in [6, 6.07) is 17.2. The van der Waals surface area contributed by atoms with Crippen LogP contribution in [0.25, 0.3) is 0 Å². The summed E-state index contributed by atoms with van der Waals surface area (Å²) in [7, 11) is 0. The van der Waals surface area contributed by atoms with E-state index in [1.165, 1.54) is 11.8 Å². The second-order valence-corrected chi connectivity index (χ2v) is 6.72. The van der Waals surface area contributed by atoms with Gasteiger partial charge in [-0.15, -0.1) is 5.10 Å². The maximum absolute atomic E-state index is 13.7. The van der Waals surface area contributed by atoms with Gasteiger partial charge in [-0.05, 0) is 30.2 Å². The molecular formula is C21H23FN6. The van der Waals surface area contributed by atoms with Crippen molar-refractivity contribution in [3.05, 3.63) is 72.2 Å². The molecular weight excluding hydrogens is 355 g/mol. The van der Waals surface area contributed by atoms with Gasteiger partial charge < -0.3 is 15.1 Å². The molecule has 1 aliphatic heterocycles. The first kappa shape index (κ1) is 18.2. The Kier molecular flexibility index (Phi) is 5.61. The molecule has 7 heteroatoms. The Morgan fingerprint density at radius 1 is 0.893 bits per heavy atom. The van der Waals surface area contributed by atoms with Gasteiger partial charge in [-0.2, -0.15) is 10.1 Å². The Balaban J connectivity index is 1.32. The molecule has 0 amide bonds. The smallest absolute Gasteiger partial charge is 0.244 e. The number of hydrogen-bond acceptors (Lipinski definition) is 6. The van der Waals surface area contributed by atoms with E-state index >= 15 is 0 Å². The van der Waals surface area contributed by atoms with Gasteiger partial charge in [0.25, 0.3) is 0 Å². The third kappa shape index (κ3) is 4.36. The second kappa shape index (κ2) is 8.65. The van der Waals surface area contributed by atoms with Gasteiger partial charge in [0.05, 0.1) is 6.20 Å². The lowest BCUT2D eigenvalue weighted by atomic mass is 10.1. The quantitative estimate of drug-likeness (QED) is 0.712. The molecule has 0 radical (unpaired) electrons. The molecule has 1 fully saturated rings. The Labute approximate surface area is 164 Å². The van der Waals surface area contributed by atoms with Crippen LogP contribution in [0.2, 0.25) is 0 Å². The van der Waals surface area contributed by atoms with Crippen molar-refractivity contribution in [1.29, 1.82) is 0 Å². The lowest BCUT2D eigenvalue weighted by Gasteiger charge is -2.36. The minimum atomic E-state index is -0.187. The van der Waals surface area contributed by atoms with Crippen LogP contribution < -0.4 is 15.1 Å². The van der Waals surface area contributed by atoms with Crippen LogP contribution in [0.4, 0.5) is 21.8 Å². The molecule has 0 bridgehead atoms. The number of anilines is 3. The summed E-state index contributed by atoms with van der Waals surface area (Å²) in [4.78, 5) is 9.17. The Hall–Kier alpha value is -3.22. The van der Waals surface area contributed by atoms with Crippen molar-refractivity contribution >= 4 is 17.5 Å². The summed E-state index contributed by atoms with van der Waals surface area (Å²) in [5.41, 5.74) is 1.93. The van der Waals surface area contributed by atoms with Crippen LogP contribution in [0.5, 0.6) is 0 Å². The minimum Gasteiger partial charge on any atom is -0.368 e. The van der Waals surface area contributed by atoms with Gasteiger partial charge in [-0.25, -0.2) is 4.39 Å². The van der Waals surface area contributed by atoms with Crippen LogP contribution in [-0.2, 0) is 6.42 Å². The maximum Gasteiger partial charge on any atom is 0.244 e. The van der Waals surface area contributed by atoms with E-state index in [-0.39, 0.29) is 5.82 Å². The van der Waals surface area contributed by atoms with E-state index in [2.05, 4.69) is 54.6 Å². The van der Waals surface area contributed by atoms with E-state index in [1.54, 1.807) is 18.3 Å². The predicted octanol–water partition coefficient (Wildman–Crippen LogP) is 2.99. The molecule has 0 aliphatic carbocycles.